The zero-order valence-electron chi connectivity index (χ0n) is 15.6. The quantitative estimate of drug-likeness (QED) is 0.709. The van der Waals surface area contributed by atoms with Crippen molar-refractivity contribution in [3.63, 3.8) is 0 Å². The van der Waals surface area contributed by atoms with Gasteiger partial charge in [-0.05, 0) is 30.7 Å². The number of nitrogens with zero attached hydrogens (tertiary/aromatic N) is 1. The fourth-order valence-corrected chi connectivity index (χ4v) is 3.70. The number of hydrogen-bond donors (Lipinski definition) is 1. The highest BCUT2D eigenvalue weighted by Gasteiger charge is 2.20. The summed E-state index contributed by atoms with van der Waals surface area (Å²) in [5.41, 5.74) is 0.536. The van der Waals surface area contributed by atoms with Gasteiger partial charge in [0.1, 0.15) is 11.5 Å². The first-order valence-corrected chi connectivity index (χ1v) is 9.85. The predicted molar refractivity (Wildman–Crippen MR) is 104 cm³/mol. The van der Waals surface area contributed by atoms with E-state index in [0.717, 1.165) is 0 Å². The van der Waals surface area contributed by atoms with Crippen LogP contribution < -0.4 is 14.8 Å². The first kappa shape index (κ1) is 20.7. The van der Waals surface area contributed by atoms with Gasteiger partial charge in [0.15, 0.2) is 0 Å². The van der Waals surface area contributed by atoms with Gasteiger partial charge in [-0.15, -0.1) is 0 Å². The first-order chi connectivity index (χ1) is 12.9. The fourth-order valence-electron chi connectivity index (χ4n) is 2.47. The van der Waals surface area contributed by atoms with Gasteiger partial charge in [-0.25, -0.2) is 12.7 Å². The zero-order valence-corrected chi connectivity index (χ0v) is 16.5. The highest BCUT2D eigenvalue weighted by atomic mass is 32.2. The van der Waals surface area contributed by atoms with Crippen LogP contribution in [0, 0.1) is 0 Å². The second-order valence-corrected chi connectivity index (χ2v) is 7.90. The van der Waals surface area contributed by atoms with Crippen LogP contribution >= 0.6 is 0 Å². The highest BCUT2D eigenvalue weighted by Crippen LogP contribution is 2.29. The van der Waals surface area contributed by atoms with E-state index in [1.807, 2.05) is 0 Å². The van der Waals surface area contributed by atoms with Crippen LogP contribution in [0.3, 0.4) is 0 Å². The Hall–Kier alpha value is -2.58. The number of methoxy groups -OCH3 is 2. The Kier molecular flexibility index (Phi) is 7.20. The summed E-state index contributed by atoms with van der Waals surface area (Å²) >= 11 is 0. The second kappa shape index (κ2) is 9.38. The maximum atomic E-state index is 12.4. The lowest BCUT2D eigenvalue weighted by atomic mass is 10.2. The Bertz CT molecular complexity index is 869. The number of anilines is 1. The van der Waals surface area contributed by atoms with Crippen molar-refractivity contribution in [2.75, 3.05) is 33.1 Å². The molecule has 0 aliphatic heterocycles. The molecule has 0 heterocycles. The van der Waals surface area contributed by atoms with E-state index in [1.165, 1.54) is 18.5 Å². The lowest BCUT2D eigenvalue weighted by molar-refractivity contribution is -0.116. The first-order valence-electron chi connectivity index (χ1n) is 8.41. The molecule has 0 fully saturated rings. The summed E-state index contributed by atoms with van der Waals surface area (Å²) in [6, 6.07) is 13.3. The molecule has 0 aliphatic rings. The summed E-state index contributed by atoms with van der Waals surface area (Å²) < 4.78 is 36.5. The molecule has 0 radical (unpaired) electrons. The van der Waals surface area contributed by atoms with Gasteiger partial charge < -0.3 is 14.8 Å². The average molecular weight is 392 g/mol. The summed E-state index contributed by atoms with van der Waals surface area (Å²) in [6.07, 6.45) is 0.580. The van der Waals surface area contributed by atoms with E-state index >= 15 is 0 Å². The predicted octanol–water partition coefficient (Wildman–Crippen LogP) is 2.74. The normalized spacial score (nSPS) is 11.3. The molecule has 0 aliphatic carbocycles. The Morgan fingerprint density at radius 1 is 1.07 bits per heavy atom. The van der Waals surface area contributed by atoms with Crippen LogP contribution in [0.1, 0.15) is 12.8 Å². The van der Waals surface area contributed by atoms with Crippen molar-refractivity contribution in [2.45, 2.75) is 17.7 Å². The third-order valence-corrected chi connectivity index (χ3v) is 5.88. The topological polar surface area (TPSA) is 84.9 Å². The van der Waals surface area contributed by atoms with Crippen LogP contribution in [0.15, 0.2) is 53.4 Å². The molecule has 0 atom stereocenters. The molecular weight excluding hydrogens is 368 g/mol. The van der Waals surface area contributed by atoms with Gasteiger partial charge in [0, 0.05) is 26.1 Å². The molecule has 0 aromatic heterocycles. The van der Waals surface area contributed by atoms with Crippen molar-refractivity contribution in [1.82, 2.24) is 4.31 Å². The largest absolute Gasteiger partial charge is 0.497 e. The number of rotatable bonds is 9. The number of nitrogens with one attached hydrogen (secondary N) is 1. The molecular formula is C19H24N2O5S. The molecule has 1 N–H and O–H groups in total. The summed E-state index contributed by atoms with van der Waals surface area (Å²) in [5.74, 6) is 0.896. The van der Waals surface area contributed by atoms with E-state index in [4.69, 9.17) is 9.47 Å². The van der Waals surface area contributed by atoms with E-state index in [0.29, 0.717) is 23.6 Å². The molecule has 2 rings (SSSR count). The van der Waals surface area contributed by atoms with Gasteiger partial charge in [0.05, 0.1) is 24.8 Å². The van der Waals surface area contributed by atoms with Gasteiger partial charge >= 0.3 is 0 Å². The SMILES string of the molecule is COc1ccc(NC(=O)CCCN(C)S(=O)(=O)c2ccccc2)c(OC)c1. The molecule has 2 aromatic carbocycles. The molecule has 27 heavy (non-hydrogen) atoms. The number of carbonyl (C=O) groups excluding carboxylic acids is 1. The molecule has 7 nitrogen and oxygen atoms in total. The van der Waals surface area contributed by atoms with Crippen molar-refractivity contribution < 1.29 is 22.7 Å². The number of hydrogen-bond acceptors (Lipinski definition) is 5. The van der Waals surface area contributed by atoms with Crippen LogP contribution in [-0.2, 0) is 14.8 Å². The number of benzene rings is 2. The zero-order chi connectivity index (χ0) is 19.9. The van der Waals surface area contributed by atoms with E-state index in [-0.39, 0.29) is 23.8 Å². The van der Waals surface area contributed by atoms with Gasteiger partial charge in [-0.3, -0.25) is 4.79 Å². The molecule has 0 bridgehead atoms. The smallest absolute Gasteiger partial charge is 0.242 e. The van der Waals surface area contributed by atoms with Crippen LogP contribution in [-0.4, -0.2) is 46.4 Å². The van der Waals surface area contributed by atoms with Crippen molar-refractivity contribution in [3.05, 3.63) is 48.5 Å². The number of ether oxygens (including phenoxy) is 2. The lowest BCUT2D eigenvalue weighted by Gasteiger charge is -2.17. The molecule has 0 unspecified atom stereocenters. The fraction of sp³-hybridized carbons (Fsp3) is 0.316. The summed E-state index contributed by atoms with van der Waals surface area (Å²) in [4.78, 5) is 12.4. The molecule has 0 spiro atoms. The Morgan fingerprint density at radius 3 is 2.41 bits per heavy atom. The molecule has 8 heteroatoms. The van der Waals surface area contributed by atoms with E-state index in [9.17, 15) is 13.2 Å². The number of amides is 1. The van der Waals surface area contributed by atoms with Crippen LogP contribution in [0.5, 0.6) is 11.5 Å². The standard InChI is InChI=1S/C19H24N2O5S/c1-21(27(23,24)16-8-5-4-6-9-16)13-7-10-19(22)20-17-12-11-15(25-2)14-18(17)26-3/h4-6,8-9,11-12,14H,7,10,13H2,1-3H3,(H,20,22). The van der Waals surface area contributed by atoms with E-state index in [2.05, 4.69) is 5.32 Å². The minimum absolute atomic E-state index is 0.184. The number of carbonyl (C=O) groups is 1. The minimum Gasteiger partial charge on any atom is -0.497 e. The van der Waals surface area contributed by atoms with Crippen LogP contribution in [0.25, 0.3) is 0 Å². The number of sulfonamides is 1. The van der Waals surface area contributed by atoms with Crippen molar-refractivity contribution >= 4 is 21.6 Å². The molecule has 0 saturated carbocycles. The third kappa shape index (κ3) is 5.45. The molecule has 0 saturated heterocycles. The summed E-state index contributed by atoms with van der Waals surface area (Å²) in [6.45, 7) is 0.240. The van der Waals surface area contributed by atoms with E-state index < -0.39 is 10.0 Å². The van der Waals surface area contributed by atoms with Crippen LogP contribution in [0.4, 0.5) is 5.69 Å². The average Bonchev–Trinajstić information content (AvgIpc) is 2.68. The summed E-state index contributed by atoms with van der Waals surface area (Å²) in [5, 5.41) is 2.77. The molecule has 2 aromatic rings. The van der Waals surface area contributed by atoms with Gasteiger partial charge in [0.25, 0.3) is 0 Å². The highest BCUT2D eigenvalue weighted by molar-refractivity contribution is 7.89. The lowest BCUT2D eigenvalue weighted by Crippen LogP contribution is -2.28. The van der Waals surface area contributed by atoms with Gasteiger partial charge in [-0.2, -0.15) is 0 Å². The Morgan fingerprint density at radius 2 is 1.78 bits per heavy atom. The molecule has 146 valence electrons. The third-order valence-electron chi connectivity index (χ3n) is 4.01. The Labute approximate surface area is 160 Å². The van der Waals surface area contributed by atoms with Gasteiger partial charge in [-0.1, -0.05) is 18.2 Å². The maximum absolute atomic E-state index is 12.4. The van der Waals surface area contributed by atoms with Crippen molar-refractivity contribution in [3.8, 4) is 11.5 Å². The van der Waals surface area contributed by atoms with Crippen molar-refractivity contribution in [1.29, 1.82) is 0 Å². The maximum Gasteiger partial charge on any atom is 0.242 e. The Balaban J connectivity index is 1.89. The van der Waals surface area contributed by atoms with Crippen molar-refractivity contribution in [2.24, 2.45) is 0 Å². The molecule has 1 amide bonds. The van der Waals surface area contributed by atoms with Crippen LogP contribution in [0.2, 0.25) is 0 Å². The van der Waals surface area contributed by atoms with E-state index in [1.54, 1.807) is 55.6 Å². The monoisotopic (exact) mass is 392 g/mol. The summed E-state index contributed by atoms with van der Waals surface area (Å²) in [7, 11) is 1.02. The second-order valence-electron chi connectivity index (χ2n) is 5.86. The minimum atomic E-state index is -3.55. The van der Waals surface area contributed by atoms with Gasteiger partial charge in [0.2, 0.25) is 15.9 Å².